The minimum absolute atomic E-state index is 0.0572. The second kappa shape index (κ2) is 17.9. The Kier molecular flexibility index (Phi) is 13.7. The normalized spacial score (nSPS) is 14.6. The molecule has 6 N–H and O–H groups in total. The first-order chi connectivity index (χ1) is 22.8. The van der Waals surface area contributed by atoms with Gasteiger partial charge in [-0.3, -0.25) is 14.5 Å². The lowest BCUT2D eigenvalue weighted by Crippen LogP contribution is -2.41. The second-order valence-electron chi connectivity index (χ2n) is 11.6. The molecule has 252 valence electrons. The lowest BCUT2D eigenvalue weighted by molar-refractivity contribution is 0.0451. The Hall–Kier alpha value is -3.87. The maximum Gasteiger partial charge on any atom is 0.354 e. The zero-order valence-electron chi connectivity index (χ0n) is 27.1. The topological polar surface area (TPSA) is 140 Å². The van der Waals surface area contributed by atoms with E-state index in [9.17, 15) is 4.79 Å². The van der Waals surface area contributed by atoms with Crippen molar-refractivity contribution < 1.29 is 9.13 Å². The number of aromatic amines is 1. The Morgan fingerprint density at radius 3 is 2.64 bits per heavy atom. The molecule has 2 aromatic carbocycles. The van der Waals surface area contributed by atoms with Crippen LogP contribution in [0.2, 0.25) is 5.02 Å². The molecule has 4 aromatic rings. The Morgan fingerprint density at radius 2 is 1.91 bits per heavy atom. The Bertz CT molecular complexity index is 1680. The van der Waals surface area contributed by atoms with Crippen LogP contribution in [0, 0.1) is 5.82 Å². The highest BCUT2D eigenvalue weighted by atomic mass is 35.5. The van der Waals surface area contributed by atoms with Crippen LogP contribution in [0.3, 0.4) is 0 Å². The molecule has 3 heterocycles. The summed E-state index contributed by atoms with van der Waals surface area (Å²) in [5, 5.41) is 4.17. The monoisotopic (exact) mass is 664 g/mol. The fraction of sp³-hybridized carbons (Fsp3) is 0.400. The van der Waals surface area contributed by atoms with E-state index in [-0.39, 0.29) is 11.1 Å². The van der Waals surface area contributed by atoms with Gasteiger partial charge in [-0.25, -0.2) is 9.18 Å². The molecule has 0 amide bonds. The molecule has 10 nitrogen and oxygen atoms in total. The summed E-state index contributed by atoms with van der Waals surface area (Å²) in [6.45, 7) is 14.1. The van der Waals surface area contributed by atoms with E-state index in [1.165, 1.54) is 4.57 Å². The van der Waals surface area contributed by atoms with Gasteiger partial charge in [-0.15, -0.1) is 13.2 Å². The molecule has 1 atom stereocenters. The third kappa shape index (κ3) is 10.3. The van der Waals surface area contributed by atoms with Crippen molar-refractivity contribution in [3.05, 3.63) is 94.3 Å². The van der Waals surface area contributed by atoms with E-state index >= 15 is 4.39 Å². The molecule has 12 heteroatoms. The van der Waals surface area contributed by atoms with Crippen LogP contribution >= 0.6 is 11.6 Å². The highest BCUT2D eigenvalue weighted by molar-refractivity contribution is 6.31. The molecule has 0 radical (unpaired) electrons. The van der Waals surface area contributed by atoms with E-state index < -0.39 is 11.5 Å². The number of rotatable bonds is 14. The van der Waals surface area contributed by atoms with Gasteiger partial charge in [0.15, 0.2) is 5.82 Å². The summed E-state index contributed by atoms with van der Waals surface area (Å²) in [6, 6.07) is 13.1. The Morgan fingerprint density at radius 1 is 1.17 bits per heavy atom. The van der Waals surface area contributed by atoms with Gasteiger partial charge in [0.2, 0.25) is 0 Å². The van der Waals surface area contributed by atoms with Crippen molar-refractivity contribution in [2.45, 2.75) is 45.2 Å². The molecule has 1 aliphatic rings. The van der Waals surface area contributed by atoms with Gasteiger partial charge in [-0.05, 0) is 80.6 Å². The molecule has 5 rings (SSSR count). The molecule has 1 saturated heterocycles. The van der Waals surface area contributed by atoms with Crippen LogP contribution in [0.5, 0.6) is 0 Å². The van der Waals surface area contributed by atoms with E-state index in [2.05, 4.69) is 38.3 Å². The van der Waals surface area contributed by atoms with Gasteiger partial charge in [0.25, 0.3) is 0 Å². The van der Waals surface area contributed by atoms with E-state index in [0.717, 1.165) is 69.7 Å². The molecule has 0 aliphatic carbocycles. The number of halogens is 2. The van der Waals surface area contributed by atoms with Gasteiger partial charge >= 0.3 is 5.69 Å². The van der Waals surface area contributed by atoms with Gasteiger partial charge < -0.3 is 26.5 Å². The molecule has 0 bridgehead atoms. The third-order valence-electron chi connectivity index (χ3n) is 7.87. The van der Waals surface area contributed by atoms with Gasteiger partial charge in [0.05, 0.1) is 36.2 Å². The molecule has 2 aromatic heterocycles. The summed E-state index contributed by atoms with van der Waals surface area (Å²) in [5.41, 5.74) is 15.5. The first kappa shape index (κ1) is 36.0. The standard InChI is InChI=1S/C33H42ClFN8O2.C2H4/c1-22(36)4-2-5-24-16-27(31(35)28(34)17-24)29-18-25-20-43(33(44)41-32(25)40-29)26-8-6-23(7-9-26)19-38-10-3-11-39-30(37)21-42-12-14-45-15-13-42;1-2/h6-9,16-18,20,22,38H,2-5,10-15,19,21,36H2,1H3,(H2,37,39)(H,40,41,44);1-2H2. The molecule has 1 unspecified atom stereocenters. The number of hydrogen-bond acceptors (Lipinski definition) is 7. The van der Waals surface area contributed by atoms with Crippen LogP contribution < -0.4 is 22.5 Å². The third-order valence-corrected chi connectivity index (χ3v) is 8.15. The highest BCUT2D eigenvalue weighted by Gasteiger charge is 2.16. The number of benzene rings is 2. The number of nitrogens with zero attached hydrogens (tertiary/aromatic N) is 4. The van der Waals surface area contributed by atoms with Gasteiger partial charge in [-0.2, -0.15) is 4.98 Å². The SMILES string of the molecule is C=C.CC(N)CCCc1cc(Cl)c(F)c(-c2cc3cn(-c4ccc(CNCCCN=C(N)CN5CCOCC5)cc4)c(=O)nc3[nH]2)c1. The smallest absolute Gasteiger partial charge is 0.354 e. The van der Waals surface area contributed by atoms with Crippen molar-refractivity contribution in [2.24, 2.45) is 16.5 Å². The fourth-order valence-corrected chi connectivity index (χ4v) is 5.65. The summed E-state index contributed by atoms with van der Waals surface area (Å²) in [4.78, 5) is 27.0. The van der Waals surface area contributed by atoms with E-state index in [1.54, 1.807) is 24.4 Å². The number of aryl methyl sites for hydroxylation is 1. The number of fused-ring (bicyclic) bond motifs is 1. The number of ether oxygens (including phenoxy) is 1. The maximum absolute atomic E-state index is 15.1. The predicted octanol–water partition coefficient (Wildman–Crippen LogP) is 4.81. The number of aliphatic imine (C=N–C) groups is 1. The van der Waals surface area contributed by atoms with Crippen LogP contribution in [-0.2, 0) is 17.7 Å². The lowest BCUT2D eigenvalue weighted by Gasteiger charge is -2.26. The van der Waals surface area contributed by atoms with Crippen molar-refractivity contribution in [1.29, 1.82) is 0 Å². The minimum Gasteiger partial charge on any atom is -0.386 e. The van der Waals surface area contributed by atoms with Crippen molar-refractivity contribution in [3.8, 4) is 16.9 Å². The summed E-state index contributed by atoms with van der Waals surface area (Å²) in [6.07, 6.45) is 5.09. The van der Waals surface area contributed by atoms with E-state index in [0.29, 0.717) is 53.4 Å². The molecule has 0 saturated carbocycles. The fourth-order valence-electron chi connectivity index (χ4n) is 5.41. The van der Waals surface area contributed by atoms with Crippen LogP contribution in [0.25, 0.3) is 28.0 Å². The first-order valence-electron chi connectivity index (χ1n) is 16.0. The molecule has 1 fully saturated rings. The van der Waals surface area contributed by atoms with Crippen molar-refractivity contribution in [2.75, 3.05) is 45.9 Å². The number of H-pyrrole nitrogens is 1. The minimum atomic E-state index is -0.515. The van der Waals surface area contributed by atoms with Gasteiger partial charge in [-0.1, -0.05) is 23.7 Å². The average Bonchev–Trinajstić information content (AvgIpc) is 3.48. The van der Waals surface area contributed by atoms with E-state index in [1.807, 2.05) is 31.2 Å². The second-order valence-corrected chi connectivity index (χ2v) is 12.1. The lowest BCUT2D eigenvalue weighted by atomic mass is 10.0. The number of nitrogens with two attached hydrogens (primary N) is 2. The molecular formula is C35H46ClFN8O2. The quantitative estimate of drug-likeness (QED) is 0.0656. The number of hydrogen-bond donors (Lipinski definition) is 4. The molecular weight excluding hydrogens is 619 g/mol. The maximum atomic E-state index is 15.1. The summed E-state index contributed by atoms with van der Waals surface area (Å²) >= 11 is 6.25. The number of aromatic nitrogens is 3. The molecule has 0 spiro atoms. The summed E-state index contributed by atoms with van der Waals surface area (Å²) in [7, 11) is 0. The Labute approximate surface area is 280 Å². The largest absolute Gasteiger partial charge is 0.386 e. The number of morpholine rings is 1. The van der Waals surface area contributed by atoms with Crippen molar-refractivity contribution >= 4 is 28.5 Å². The first-order valence-corrected chi connectivity index (χ1v) is 16.4. The van der Waals surface area contributed by atoms with Crippen molar-refractivity contribution in [1.82, 2.24) is 24.8 Å². The number of amidine groups is 1. The summed E-state index contributed by atoms with van der Waals surface area (Å²) in [5.74, 6) is 0.153. The average molecular weight is 665 g/mol. The number of nitrogens with one attached hydrogen (secondary N) is 2. The van der Waals surface area contributed by atoms with E-state index in [4.69, 9.17) is 27.8 Å². The van der Waals surface area contributed by atoms with Crippen LogP contribution in [-0.4, -0.2) is 77.2 Å². The van der Waals surface area contributed by atoms with Gasteiger partial charge in [0, 0.05) is 49.4 Å². The Balaban J connectivity index is 0.00000245. The molecule has 47 heavy (non-hydrogen) atoms. The van der Waals surface area contributed by atoms with Crippen LogP contribution in [0.1, 0.15) is 37.3 Å². The summed E-state index contributed by atoms with van der Waals surface area (Å²) < 4.78 is 21.9. The van der Waals surface area contributed by atoms with Gasteiger partial charge in [0.1, 0.15) is 11.5 Å². The van der Waals surface area contributed by atoms with Crippen molar-refractivity contribution in [3.63, 3.8) is 0 Å². The van der Waals surface area contributed by atoms with Crippen LogP contribution in [0.4, 0.5) is 4.39 Å². The zero-order chi connectivity index (χ0) is 33.8. The van der Waals surface area contributed by atoms with Crippen LogP contribution in [0.15, 0.2) is 71.6 Å². The molecule has 1 aliphatic heterocycles. The predicted molar refractivity (Wildman–Crippen MR) is 190 cm³/mol. The highest BCUT2D eigenvalue weighted by Crippen LogP contribution is 2.31. The zero-order valence-corrected chi connectivity index (χ0v) is 27.9.